The third kappa shape index (κ3) is 5.21. The average Bonchev–Trinajstić information content (AvgIpc) is 2.23. The quantitative estimate of drug-likeness (QED) is 0.317. The second kappa shape index (κ2) is 7.50. The lowest BCUT2D eigenvalue weighted by Crippen LogP contribution is -2.11. The number of carbonyl (C=O) groups is 1. The maximum Gasteiger partial charge on any atom is 0.349 e. The van der Waals surface area contributed by atoms with Gasteiger partial charge >= 0.3 is 5.97 Å². The van der Waals surface area contributed by atoms with Crippen LogP contribution in [-0.2, 0) is 9.53 Å². The molecule has 0 saturated heterocycles. The minimum Gasteiger partial charge on any atom is -0.462 e. The summed E-state index contributed by atoms with van der Waals surface area (Å²) in [6.07, 6.45) is 3.59. The van der Waals surface area contributed by atoms with Crippen LogP contribution >= 0.6 is 0 Å². The summed E-state index contributed by atoms with van der Waals surface area (Å²) < 4.78 is 4.87. The molecule has 4 heteroatoms. The molecule has 0 unspecified atom stereocenters. The molecule has 0 saturated carbocycles. The van der Waals surface area contributed by atoms with Gasteiger partial charge in [0.1, 0.15) is 11.6 Å². The van der Waals surface area contributed by atoms with Crippen LogP contribution in [0, 0.1) is 17.2 Å². The summed E-state index contributed by atoms with van der Waals surface area (Å²) in [5.41, 5.74) is 0.777. The van der Waals surface area contributed by atoms with Gasteiger partial charge in [0, 0.05) is 14.1 Å². The molecular formula is C13H20N2O2. The summed E-state index contributed by atoms with van der Waals surface area (Å²) in [7, 11) is 3.76. The molecule has 0 aliphatic heterocycles. The highest BCUT2D eigenvalue weighted by Crippen LogP contribution is 2.17. The van der Waals surface area contributed by atoms with E-state index in [9.17, 15) is 4.79 Å². The van der Waals surface area contributed by atoms with Crippen molar-refractivity contribution in [2.45, 2.75) is 20.8 Å². The van der Waals surface area contributed by atoms with Crippen molar-refractivity contribution in [3.05, 3.63) is 23.4 Å². The number of ether oxygens (including phenoxy) is 1. The summed E-state index contributed by atoms with van der Waals surface area (Å²) in [6.45, 7) is 5.86. The van der Waals surface area contributed by atoms with Crippen LogP contribution < -0.4 is 0 Å². The van der Waals surface area contributed by atoms with Crippen molar-refractivity contribution in [3.8, 4) is 6.07 Å². The fraction of sp³-hybridized carbons (Fsp3) is 0.538. The van der Waals surface area contributed by atoms with Crippen molar-refractivity contribution < 1.29 is 9.53 Å². The van der Waals surface area contributed by atoms with Crippen LogP contribution in [0.1, 0.15) is 20.8 Å². The maximum absolute atomic E-state index is 11.6. The van der Waals surface area contributed by atoms with Crippen LogP contribution in [0.2, 0.25) is 0 Å². The molecule has 0 atom stereocenters. The molecule has 17 heavy (non-hydrogen) atoms. The van der Waals surface area contributed by atoms with E-state index in [2.05, 4.69) is 0 Å². The van der Waals surface area contributed by atoms with E-state index < -0.39 is 5.97 Å². The molecule has 0 fully saturated rings. The topological polar surface area (TPSA) is 53.3 Å². The Kier molecular flexibility index (Phi) is 6.73. The Morgan fingerprint density at radius 3 is 2.41 bits per heavy atom. The highest BCUT2D eigenvalue weighted by molar-refractivity contribution is 5.94. The summed E-state index contributed by atoms with van der Waals surface area (Å²) in [4.78, 5) is 13.5. The highest BCUT2D eigenvalue weighted by atomic mass is 16.5. The Morgan fingerprint density at radius 1 is 1.47 bits per heavy atom. The summed E-state index contributed by atoms with van der Waals surface area (Å²) in [5.74, 6) is -0.465. The van der Waals surface area contributed by atoms with Crippen LogP contribution in [0.25, 0.3) is 0 Å². The minimum absolute atomic E-state index is 0.0833. The van der Waals surface area contributed by atoms with E-state index in [0.717, 1.165) is 0 Å². The van der Waals surface area contributed by atoms with Crippen LogP contribution in [-0.4, -0.2) is 31.6 Å². The van der Waals surface area contributed by atoms with Crippen LogP contribution in [0.15, 0.2) is 23.4 Å². The lowest BCUT2D eigenvalue weighted by molar-refractivity contribution is -0.138. The maximum atomic E-state index is 11.6. The number of carbonyl (C=O) groups excluding carboxylic acids is 1. The third-order valence-electron chi connectivity index (χ3n) is 2.05. The molecule has 4 nitrogen and oxygen atoms in total. The molecule has 0 aliphatic carbocycles. The van der Waals surface area contributed by atoms with Crippen LogP contribution in [0.5, 0.6) is 0 Å². The zero-order valence-electron chi connectivity index (χ0n) is 11.2. The summed E-state index contributed by atoms with van der Waals surface area (Å²) >= 11 is 0. The van der Waals surface area contributed by atoms with Gasteiger partial charge in [-0.1, -0.05) is 13.8 Å². The molecule has 0 aromatic carbocycles. The van der Waals surface area contributed by atoms with Gasteiger partial charge in [-0.2, -0.15) is 5.26 Å². The first-order chi connectivity index (χ1) is 7.93. The molecular weight excluding hydrogens is 216 g/mol. The number of rotatable bonds is 5. The zero-order valence-corrected chi connectivity index (χ0v) is 11.2. The predicted molar refractivity (Wildman–Crippen MR) is 66.9 cm³/mol. The Balaban J connectivity index is 5.34. The van der Waals surface area contributed by atoms with Crippen LogP contribution in [0.4, 0.5) is 0 Å². The molecule has 0 aromatic rings. The highest BCUT2D eigenvalue weighted by Gasteiger charge is 2.16. The molecule has 0 N–H and O–H groups in total. The summed E-state index contributed by atoms with van der Waals surface area (Å²) in [5, 5.41) is 9.05. The van der Waals surface area contributed by atoms with E-state index in [-0.39, 0.29) is 18.1 Å². The van der Waals surface area contributed by atoms with Gasteiger partial charge in [0.05, 0.1) is 6.61 Å². The van der Waals surface area contributed by atoms with Gasteiger partial charge in [0.15, 0.2) is 0 Å². The molecule has 0 rings (SSSR count). The molecule has 0 bridgehead atoms. The normalized spacial score (nSPS) is 12.3. The smallest absolute Gasteiger partial charge is 0.349 e. The van der Waals surface area contributed by atoms with E-state index in [1.54, 1.807) is 13.0 Å². The SMILES string of the molecule is CCOC(=O)/C(C#N)=C(\C=C\N(C)C)C(C)C. The largest absolute Gasteiger partial charge is 0.462 e. The molecule has 94 valence electrons. The Hall–Kier alpha value is -1.76. The van der Waals surface area contributed by atoms with E-state index in [0.29, 0.717) is 5.57 Å². The predicted octanol–water partition coefficient (Wildman–Crippen LogP) is 2.10. The van der Waals surface area contributed by atoms with Gasteiger partial charge in [0.2, 0.25) is 0 Å². The number of hydrogen-bond donors (Lipinski definition) is 0. The molecule has 0 spiro atoms. The first-order valence-electron chi connectivity index (χ1n) is 5.60. The van der Waals surface area contributed by atoms with Crippen LogP contribution in [0.3, 0.4) is 0 Å². The van der Waals surface area contributed by atoms with Gasteiger partial charge in [-0.15, -0.1) is 0 Å². The second-order valence-electron chi connectivity index (χ2n) is 4.10. The monoisotopic (exact) mass is 236 g/mol. The minimum atomic E-state index is -0.554. The lowest BCUT2D eigenvalue weighted by atomic mass is 9.97. The van der Waals surface area contributed by atoms with Gasteiger partial charge in [-0.05, 0) is 30.7 Å². The van der Waals surface area contributed by atoms with Crippen molar-refractivity contribution >= 4 is 5.97 Å². The molecule has 0 amide bonds. The van der Waals surface area contributed by atoms with E-state index in [4.69, 9.17) is 10.00 Å². The van der Waals surface area contributed by atoms with Gasteiger partial charge < -0.3 is 9.64 Å². The zero-order chi connectivity index (χ0) is 13.4. The second-order valence-corrected chi connectivity index (χ2v) is 4.10. The molecule has 0 aliphatic rings. The Labute approximate surface area is 103 Å². The van der Waals surface area contributed by atoms with Gasteiger partial charge in [-0.3, -0.25) is 0 Å². The number of hydrogen-bond acceptors (Lipinski definition) is 4. The van der Waals surface area contributed by atoms with Crippen molar-refractivity contribution in [3.63, 3.8) is 0 Å². The fourth-order valence-corrected chi connectivity index (χ4v) is 1.23. The van der Waals surface area contributed by atoms with Crippen molar-refractivity contribution in [2.75, 3.05) is 20.7 Å². The first-order valence-corrected chi connectivity index (χ1v) is 5.60. The molecule has 0 aromatic heterocycles. The van der Waals surface area contributed by atoms with Crippen molar-refractivity contribution in [1.29, 1.82) is 5.26 Å². The standard InChI is InChI=1S/C13H20N2O2/c1-6-17-13(16)12(9-14)11(10(2)3)7-8-15(4)5/h7-8,10H,6H2,1-5H3/b8-7+,12-11+. The number of nitriles is 1. The fourth-order valence-electron chi connectivity index (χ4n) is 1.23. The Bertz CT molecular complexity index is 360. The van der Waals surface area contributed by atoms with E-state index in [1.807, 2.05) is 45.1 Å². The van der Waals surface area contributed by atoms with Gasteiger partial charge in [0.25, 0.3) is 0 Å². The summed E-state index contributed by atoms with van der Waals surface area (Å²) in [6, 6.07) is 1.93. The van der Waals surface area contributed by atoms with Crippen molar-refractivity contribution in [1.82, 2.24) is 4.90 Å². The van der Waals surface area contributed by atoms with Gasteiger partial charge in [-0.25, -0.2) is 4.79 Å². The third-order valence-corrected chi connectivity index (χ3v) is 2.05. The molecule has 0 heterocycles. The average molecular weight is 236 g/mol. The Morgan fingerprint density at radius 2 is 2.06 bits per heavy atom. The number of nitrogens with zero attached hydrogens (tertiary/aromatic N) is 2. The first kappa shape index (κ1) is 15.2. The van der Waals surface area contributed by atoms with Crippen molar-refractivity contribution in [2.24, 2.45) is 5.92 Å². The van der Waals surface area contributed by atoms with E-state index >= 15 is 0 Å². The lowest BCUT2D eigenvalue weighted by Gasteiger charge is -2.11. The number of allylic oxidation sites excluding steroid dienone is 2. The molecule has 0 radical (unpaired) electrons. The number of esters is 1. The van der Waals surface area contributed by atoms with E-state index in [1.165, 1.54) is 0 Å².